The summed E-state index contributed by atoms with van der Waals surface area (Å²) in [4.78, 5) is 53.8. The van der Waals surface area contributed by atoms with E-state index in [1.165, 1.54) is 12.7 Å². The Balaban J connectivity index is 0.000000169. The highest BCUT2D eigenvalue weighted by Crippen LogP contribution is 2.39. The van der Waals surface area contributed by atoms with Crippen molar-refractivity contribution >= 4 is 71.4 Å². The zero-order valence-corrected chi connectivity index (χ0v) is 44.0. The Morgan fingerprint density at radius 1 is 0.581 bits per heavy atom. The summed E-state index contributed by atoms with van der Waals surface area (Å²) < 4.78 is 64.3. The van der Waals surface area contributed by atoms with Gasteiger partial charge in [-0.15, -0.1) is 0 Å². The van der Waals surface area contributed by atoms with Crippen molar-refractivity contribution in [3.63, 3.8) is 0 Å². The second-order valence-electron chi connectivity index (χ2n) is 17.7. The topological polar surface area (TPSA) is 186 Å². The number of ether oxygens (including phenoxy) is 6. The SMILES string of the molecule is CC(=O)N1CCN(C)CC1.COc1cc2c(Oc3ccc4[nH]c(C)cc4c3F)ncnc2cc1OCCBr.COc1cc2c(Oc3ccc4[nH]c(C)cc4c3F)ncnc2cc1OCCN1CCN(C(C)=O)CC1. The van der Waals surface area contributed by atoms with Gasteiger partial charge in [0.2, 0.25) is 23.6 Å². The summed E-state index contributed by atoms with van der Waals surface area (Å²) in [5, 5.41) is 2.78. The summed E-state index contributed by atoms with van der Waals surface area (Å²) in [7, 11) is 5.19. The number of carbonyl (C=O) groups is 2. The van der Waals surface area contributed by atoms with Gasteiger partial charge in [-0.3, -0.25) is 14.5 Å². The number of hydrogen-bond acceptors (Lipinski definition) is 14. The molecule has 0 atom stereocenters. The van der Waals surface area contributed by atoms with E-state index in [4.69, 9.17) is 28.4 Å². The number of amides is 2. The van der Waals surface area contributed by atoms with Crippen LogP contribution >= 0.6 is 15.9 Å². The molecule has 0 saturated carbocycles. The summed E-state index contributed by atoms with van der Waals surface area (Å²) >= 11 is 3.33. The molecule has 0 aliphatic carbocycles. The highest BCUT2D eigenvalue weighted by Gasteiger charge is 2.21. The van der Waals surface area contributed by atoms with E-state index in [1.807, 2.05) is 23.6 Å². The van der Waals surface area contributed by atoms with Crippen LogP contribution in [-0.2, 0) is 9.59 Å². The van der Waals surface area contributed by atoms with Crippen LogP contribution in [0, 0.1) is 25.5 Å². The molecule has 2 aliphatic rings. The molecule has 4 aromatic heterocycles. The first-order valence-electron chi connectivity index (χ1n) is 24.0. The van der Waals surface area contributed by atoms with Crippen LogP contribution in [0.4, 0.5) is 8.78 Å². The number of carbonyl (C=O) groups excluding carboxylic acids is 2. The minimum atomic E-state index is -0.459. The Morgan fingerprint density at radius 3 is 1.46 bits per heavy atom. The molecule has 18 nitrogen and oxygen atoms in total. The summed E-state index contributed by atoms with van der Waals surface area (Å²) in [6.45, 7) is 15.5. The molecule has 6 heterocycles. The molecule has 0 radical (unpaired) electrons. The Labute approximate surface area is 435 Å². The van der Waals surface area contributed by atoms with Crippen LogP contribution in [-0.4, -0.2) is 160 Å². The van der Waals surface area contributed by atoms with Crippen molar-refractivity contribution in [1.82, 2.24) is 49.5 Å². The van der Waals surface area contributed by atoms with E-state index in [2.05, 4.69) is 62.7 Å². The zero-order chi connectivity index (χ0) is 52.5. The maximum absolute atomic E-state index is 15.1. The molecule has 8 aromatic rings. The van der Waals surface area contributed by atoms with Crippen molar-refractivity contribution in [3.8, 4) is 46.3 Å². The van der Waals surface area contributed by atoms with Gasteiger partial charge in [-0.1, -0.05) is 15.9 Å². The molecular weight excluding hydrogens is 1020 g/mol. The number of H-pyrrole nitrogens is 2. The number of aromatic nitrogens is 6. The van der Waals surface area contributed by atoms with Crippen LogP contribution in [0.15, 0.2) is 73.3 Å². The lowest BCUT2D eigenvalue weighted by molar-refractivity contribution is -0.131. The number of halogens is 3. The normalized spacial score (nSPS) is 14.1. The van der Waals surface area contributed by atoms with Gasteiger partial charge >= 0.3 is 0 Å². The lowest BCUT2D eigenvalue weighted by atomic mass is 10.2. The number of methoxy groups -OCH3 is 2. The van der Waals surface area contributed by atoms with Crippen molar-refractivity contribution in [3.05, 3.63) is 96.3 Å². The van der Waals surface area contributed by atoms with Crippen LogP contribution in [0.1, 0.15) is 25.2 Å². The number of aromatic amines is 2. The maximum atomic E-state index is 15.1. The number of hydrogen-bond donors (Lipinski definition) is 2. The zero-order valence-electron chi connectivity index (χ0n) is 42.4. The molecule has 74 heavy (non-hydrogen) atoms. The molecule has 2 amide bonds. The van der Waals surface area contributed by atoms with Gasteiger partial charge in [0.25, 0.3) is 0 Å². The molecule has 0 unspecified atom stereocenters. The van der Waals surface area contributed by atoms with Gasteiger partial charge in [0.05, 0.1) is 42.6 Å². The van der Waals surface area contributed by atoms with Gasteiger partial charge in [0.1, 0.15) is 19.3 Å². The van der Waals surface area contributed by atoms with E-state index >= 15 is 4.39 Å². The molecule has 21 heteroatoms. The average Bonchev–Trinajstić information content (AvgIpc) is 3.99. The van der Waals surface area contributed by atoms with Gasteiger partial charge in [0.15, 0.2) is 46.1 Å². The molecule has 4 aromatic carbocycles. The second-order valence-corrected chi connectivity index (χ2v) is 18.5. The Bertz CT molecular complexity index is 3270. The third kappa shape index (κ3) is 12.5. The monoisotopic (exact) mass is 1080 g/mol. The average molecular weight is 1080 g/mol. The van der Waals surface area contributed by atoms with Crippen molar-refractivity contribution < 1.29 is 46.8 Å². The van der Waals surface area contributed by atoms with Crippen LogP contribution in [0.2, 0.25) is 0 Å². The molecule has 390 valence electrons. The third-order valence-electron chi connectivity index (χ3n) is 12.6. The van der Waals surface area contributed by atoms with Crippen LogP contribution in [0.3, 0.4) is 0 Å². The van der Waals surface area contributed by atoms with Crippen LogP contribution in [0.25, 0.3) is 43.6 Å². The van der Waals surface area contributed by atoms with E-state index in [9.17, 15) is 14.0 Å². The number of rotatable bonds is 13. The number of fused-ring (bicyclic) bond motifs is 4. The Hall–Kier alpha value is -7.36. The van der Waals surface area contributed by atoms with E-state index < -0.39 is 11.6 Å². The van der Waals surface area contributed by atoms with Gasteiger partial charge in [0, 0.05) is 123 Å². The number of nitrogens with zero attached hydrogens (tertiary/aromatic N) is 8. The third-order valence-corrected chi connectivity index (χ3v) is 12.9. The molecule has 2 fully saturated rings. The van der Waals surface area contributed by atoms with Crippen molar-refractivity contribution in [2.75, 3.05) is 98.7 Å². The summed E-state index contributed by atoms with van der Waals surface area (Å²) in [5.41, 5.74) is 4.35. The summed E-state index contributed by atoms with van der Waals surface area (Å²) in [6, 6.07) is 17.2. The van der Waals surface area contributed by atoms with Crippen molar-refractivity contribution in [1.29, 1.82) is 0 Å². The predicted octanol–water partition coefficient (Wildman–Crippen LogP) is 8.82. The maximum Gasteiger partial charge on any atom is 0.230 e. The molecule has 10 rings (SSSR count). The van der Waals surface area contributed by atoms with E-state index in [0.717, 1.165) is 70.3 Å². The lowest BCUT2D eigenvalue weighted by Crippen LogP contribution is -2.48. The second kappa shape index (κ2) is 24.1. The van der Waals surface area contributed by atoms with E-state index in [-0.39, 0.29) is 35.1 Å². The van der Waals surface area contributed by atoms with E-state index in [1.54, 1.807) is 88.7 Å². The fourth-order valence-corrected chi connectivity index (χ4v) is 8.73. The summed E-state index contributed by atoms with van der Waals surface area (Å²) in [6.07, 6.45) is 2.74. The number of aryl methyl sites for hydroxylation is 2. The van der Waals surface area contributed by atoms with E-state index in [0.29, 0.717) is 85.2 Å². The summed E-state index contributed by atoms with van der Waals surface area (Å²) in [5.74, 6) is 2.16. The number of benzene rings is 4. The van der Waals surface area contributed by atoms with Crippen LogP contribution < -0.4 is 28.4 Å². The van der Waals surface area contributed by atoms with Gasteiger partial charge < -0.3 is 53.1 Å². The first-order valence-corrected chi connectivity index (χ1v) is 25.2. The lowest BCUT2D eigenvalue weighted by Gasteiger charge is -2.34. The Morgan fingerprint density at radius 2 is 1.03 bits per heavy atom. The van der Waals surface area contributed by atoms with Crippen molar-refractivity contribution in [2.24, 2.45) is 0 Å². The molecule has 2 saturated heterocycles. The van der Waals surface area contributed by atoms with Gasteiger partial charge in [-0.2, -0.15) is 0 Å². The molecular formula is C53H59BrF2N10O8. The highest BCUT2D eigenvalue weighted by molar-refractivity contribution is 9.09. The molecule has 2 aliphatic heterocycles. The first-order chi connectivity index (χ1) is 35.7. The largest absolute Gasteiger partial charge is 0.493 e. The number of alkyl halides is 1. The number of piperazine rings is 2. The standard InChI is InChI=1S/C26H28FN5O4.C20H17BrFN3O3.C7H14N2O/c1-16-12-18-20(30-16)4-5-22(25(18)27)36-26-19-13-23(34-3)24(14-21(19)28-15-29-26)35-11-10-31-6-8-32(9-7-31)17(2)33;1-11-7-12-14(25-11)3-4-16(19(12)22)28-20-13-8-17(26-2)18(27-6-5-21)9-15(13)23-10-24-20;1-7(10)9-5-3-8(2)4-6-9/h4-5,12-15,30H,6-11H2,1-3H3;3-4,7-10,25H,5-6H2,1-2H3;3-6H2,1-2H3. The number of nitrogens with one attached hydrogen (secondary N) is 2. The fraction of sp³-hybridized carbons (Fsp3) is 0.358. The van der Waals surface area contributed by atoms with Crippen LogP contribution in [0.5, 0.6) is 46.3 Å². The number of likely N-dealkylation sites (N-methyl/N-ethyl adjacent to an activating group) is 1. The van der Waals surface area contributed by atoms with Crippen molar-refractivity contribution in [2.45, 2.75) is 27.7 Å². The Kier molecular flexibility index (Phi) is 17.3. The minimum Gasteiger partial charge on any atom is -0.493 e. The fourth-order valence-electron chi connectivity index (χ4n) is 8.57. The molecule has 0 bridgehead atoms. The molecule has 0 spiro atoms. The smallest absolute Gasteiger partial charge is 0.230 e. The van der Waals surface area contributed by atoms with Gasteiger partial charge in [-0.25, -0.2) is 28.7 Å². The van der Waals surface area contributed by atoms with Gasteiger partial charge in [-0.05, 0) is 69.4 Å². The predicted molar refractivity (Wildman–Crippen MR) is 282 cm³/mol. The quantitative estimate of drug-likeness (QED) is 0.104. The molecule has 2 N–H and O–H groups in total. The first kappa shape index (κ1) is 52.9. The minimum absolute atomic E-state index is 0.0747. The highest BCUT2D eigenvalue weighted by atomic mass is 79.9.